The van der Waals surface area contributed by atoms with Gasteiger partial charge in [0.05, 0.1) is 5.75 Å². The standard InChI is InChI=1S/C21H29N5O2S/c1-18-7-5-6-12-26(18)21-11-10-20(22-23-21)24-13-15-25(16-14-24)29(27,28)17-19-8-3-2-4-9-19/h2-4,8-11,18H,5-7,12-17H2,1H3. The van der Waals surface area contributed by atoms with Crippen LogP contribution >= 0.6 is 0 Å². The maximum absolute atomic E-state index is 12.7. The molecule has 0 bridgehead atoms. The second-order valence-electron chi connectivity index (χ2n) is 7.92. The minimum absolute atomic E-state index is 0.0519. The van der Waals surface area contributed by atoms with Gasteiger partial charge in [-0.3, -0.25) is 0 Å². The molecule has 2 aliphatic rings. The molecular weight excluding hydrogens is 386 g/mol. The number of rotatable bonds is 5. The Balaban J connectivity index is 1.35. The Morgan fingerprint density at radius 1 is 0.897 bits per heavy atom. The zero-order valence-electron chi connectivity index (χ0n) is 16.9. The molecule has 2 fully saturated rings. The number of anilines is 2. The summed E-state index contributed by atoms with van der Waals surface area (Å²) < 4.78 is 27.0. The van der Waals surface area contributed by atoms with E-state index in [0.717, 1.165) is 23.7 Å². The van der Waals surface area contributed by atoms with Gasteiger partial charge in [0.25, 0.3) is 0 Å². The molecule has 2 aliphatic heterocycles. The van der Waals surface area contributed by atoms with E-state index in [4.69, 9.17) is 0 Å². The van der Waals surface area contributed by atoms with Crippen LogP contribution in [0.15, 0.2) is 42.5 Å². The summed E-state index contributed by atoms with van der Waals surface area (Å²) in [6.07, 6.45) is 3.68. The third-order valence-corrected chi connectivity index (χ3v) is 7.73. The predicted molar refractivity (Wildman–Crippen MR) is 116 cm³/mol. The quantitative estimate of drug-likeness (QED) is 0.747. The first kappa shape index (κ1) is 20.1. The second-order valence-corrected chi connectivity index (χ2v) is 9.88. The number of piperazine rings is 1. The first-order valence-corrected chi connectivity index (χ1v) is 12.0. The van der Waals surface area contributed by atoms with Crippen molar-refractivity contribution in [2.45, 2.75) is 38.0 Å². The third kappa shape index (κ3) is 4.70. The fourth-order valence-corrected chi connectivity index (χ4v) is 5.67. The average molecular weight is 416 g/mol. The van der Waals surface area contributed by atoms with Gasteiger partial charge >= 0.3 is 0 Å². The smallest absolute Gasteiger partial charge is 0.218 e. The van der Waals surface area contributed by atoms with E-state index >= 15 is 0 Å². The van der Waals surface area contributed by atoms with Crippen LogP contribution < -0.4 is 9.80 Å². The molecule has 0 aliphatic carbocycles. The number of sulfonamides is 1. The Kier molecular flexibility index (Phi) is 6.01. The van der Waals surface area contributed by atoms with Gasteiger partial charge in [-0.1, -0.05) is 30.3 Å². The first-order chi connectivity index (χ1) is 14.0. The monoisotopic (exact) mass is 415 g/mol. The van der Waals surface area contributed by atoms with E-state index in [1.54, 1.807) is 4.31 Å². The van der Waals surface area contributed by atoms with Crippen molar-refractivity contribution in [1.82, 2.24) is 14.5 Å². The molecule has 4 rings (SSSR count). The predicted octanol–water partition coefficient (Wildman–Crippen LogP) is 2.51. The van der Waals surface area contributed by atoms with Gasteiger partial charge in [0.1, 0.15) is 0 Å². The van der Waals surface area contributed by atoms with Gasteiger partial charge in [-0.05, 0) is 43.9 Å². The maximum atomic E-state index is 12.7. The molecule has 0 radical (unpaired) electrons. The number of benzene rings is 1. The van der Waals surface area contributed by atoms with Crippen LogP contribution in [0.5, 0.6) is 0 Å². The van der Waals surface area contributed by atoms with E-state index in [1.165, 1.54) is 19.3 Å². The van der Waals surface area contributed by atoms with Crippen molar-refractivity contribution < 1.29 is 8.42 Å². The van der Waals surface area contributed by atoms with Crippen LogP contribution in [0.2, 0.25) is 0 Å². The van der Waals surface area contributed by atoms with Crippen molar-refractivity contribution in [3.05, 3.63) is 48.0 Å². The highest BCUT2D eigenvalue weighted by Crippen LogP contribution is 2.24. The van der Waals surface area contributed by atoms with Gasteiger partial charge in [-0.15, -0.1) is 10.2 Å². The van der Waals surface area contributed by atoms with Crippen LogP contribution in [0, 0.1) is 0 Å². The molecule has 3 heterocycles. The van der Waals surface area contributed by atoms with Crippen molar-refractivity contribution in [3.8, 4) is 0 Å². The summed E-state index contributed by atoms with van der Waals surface area (Å²) in [7, 11) is -3.31. The summed E-state index contributed by atoms with van der Waals surface area (Å²) in [5.74, 6) is 1.81. The molecule has 0 amide bonds. The van der Waals surface area contributed by atoms with E-state index in [2.05, 4.69) is 26.9 Å². The summed E-state index contributed by atoms with van der Waals surface area (Å²) >= 11 is 0. The minimum Gasteiger partial charge on any atom is -0.352 e. The highest BCUT2D eigenvalue weighted by molar-refractivity contribution is 7.88. The lowest BCUT2D eigenvalue weighted by atomic mass is 10.0. The lowest BCUT2D eigenvalue weighted by Crippen LogP contribution is -2.49. The Labute approximate surface area is 173 Å². The maximum Gasteiger partial charge on any atom is 0.218 e. The van der Waals surface area contributed by atoms with Crippen LogP contribution in [0.1, 0.15) is 31.7 Å². The van der Waals surface area contributed by atoms with Gasteiger partial charge in [0.2, 0.25) is 10.0 Å². The normalized spacial score (nSPS) is 21.3. The molecule has 156 valence electrons. The molecular formula is C21H29N5O2S. The molecule has 1 aromatic carbocycles. The van der Waals surface area contributed by atoms with Crippen molar-refractivity contribution in [1.29, 1.82) is 0 Å². The molecule has 0 saturated carbocycles. The molecule has 1 aromatic heterocycles. The molecule has 2 saturated heterocycles. The second kappa shape index (κ2) is 8.67. The van der Waals surface area contributed by atoms with Crippen molar-refractivity contribution >= 4 is 21.7 Å². The summed E-state index contributed by atoms with van der Waals surface area (Å²) in [5, 5.41) is 8.89. The van der Waals surface area contributed by atoms with Crippen LogP contribution in [-0.2, 0) is 15.8 Å². The summed E-state index contributed by atoms with van der Waals surface area (Å²) in [5.41, 5.74) is 0.823. The Hall–Kier alpha value is -2.19. The van der Waals surface area contributed by atoms with Gasteiger partial charge < -0.3 is 9.80 Å². The fourth-order valence-electron chi connectivity index (χ4n) is 4.15. The highest BCUT2D eigenvalue weighted by Gasteiger charge is 2.28. The van der Waals surface area contributed by atoms with E-state index in [-0.39, 0.29) is 5.75 Å². The number of piperidine rings is 1. The van der Waals surface area contributed by atoms with Crippen LogP contribution in [0.4, 0.5) is 11.6 Å². The molecule has 8 heteroatoms. The van der Waals surface area contributed by atoms with Crippen molar-refractivity contribution in [2.75, 3.05) is 42.5 Å². The Morgan fingerprint density at radius 3 is 2.24 bits per heavy atom. The van der Waals surface area contributed by atoms with E-state index in [0.29, 0.717) is 32.2 Å². The minimum atomic E-state index is -3.31. The number of hydrogen-bond acceptors (Lipinski definition) is 6. The zero-order chi connectivity index (χ0) is 20.3. The first-order valence-electron chi connectivity index (χ1n) is 10.4. The fraction of sp³-hybridized carbons (Fsp3) is 0.524. The van der Waals surface area contributed by atoms with E-state index in [1.807, 2.05) is 42.5 Å². The van der Waals surface area contributed by atoms with E-state index in [9.17, 15) is 8.42 Å². The topological polar surface area (TPSA) is 69.6 Å². The molecule has 0 N–H and O–H groups in total. The average Bonchev–Trinajstić information content (AvgIpc) is 2.75. The van der Waals surface area contributed by atoms with Crippen LogP contribution in [0.25, 0.3) is 0 Å². The molecule has 29 heavy (non-hydrogen) atoms. The highest BCUT2D eigenvalue weighted by atomic mass is 32.2. The molecule has 1 atom stereocenters. The van der Waals surface area contributed by atoms with Crippen molar-refractivity contribution in [3.63, 3.8) is 0 Å². The van der Waals surface area contributed by atoms with Crippen LogP contribution in [0.3, 0.4) is 0 Å². The lowest BCUT2D eigenvalue weighted by molar-refractivity contribution is 0.383. The van der Waals surface area contributed by atoms with Crippen LogP contribution in [-0.4, -0.2) is 61.7 Å². The number of hydrogen-bond donors (Lipinski definition) is 0. The zero-order valence-corrected chi connectivity index (χ0v) is 17.8. The largest absolute Gasteiger partial charge is 0.352 e. The third-order valence-electron chi connectivity index (χ3n) is 5.88. The molecule has 0 spiro atoms. The summed E-state index contributed by atoms with van der Waals surface area (Å²) in [6, 6.07) is 13.9. The molecule has 1 unspecified atom stereocenters. The Bertz CT molecular complexity index is 896. The van der Waals surface area contributed by atoms with Gasteiger partial charge in [-0.2, -0.15) is 4.31 Å². The van der Waals surface area contributed by atoms with Gasteiger partial charge in [0.15, 0.2) is 11.6 Å². The van der Waals surface area contributed by atoms with Gasteiger partial charge in [0, 0.05) is 38.8 Å². The number of nitrogens with zero attached hydrogens (tertiary/aromatic N) is 5. The number of aromatic nitrogens is 2. The summed E-state index contributed by atoms with van der Waals surface area (Å²) in [6.45, 7) is 5.48. The lowest BCUT2D eigenvalue weighted by Gasteiger charge is -2.35. The van der Waals surface area contributed by atoms with Crippen molar-refractivity contribution in [2.24, 2.45) is 0 Å². The summed E-state index contributed by atoms with van der Waals surface area (Å²) in [4.78, 5) is 4.44. The molecule has 2 aromatic rings. The SMILES string of the molecule is CC1CCCCN1c1ccc(N2CCN(S(=O)(=O)Cc3ccccc3)CC2)nn1. The Morgan fingerprint density at radius 2 is 1.59 bits per heavy atom. The van der Waals surface area contributed by atoms with Gasteiger partial charge in [-0.25, -0.2) is 8.42 Å². The van der Waals surface area contributed by atoms with E-state index < -0.39 is 10.0 Å². The molecule has 7 nitrogen and oxygen atoms in total.